The van der Waals surface area contributed by atoms with E-state index in [4.69, 9.17) is 5.73 Å². The highest BCUT2D eigenvalue weighted by Gasteiger charge is 2.10. The highest BCUT2D eigenvalue weighted by Crippen LogP contribution is 2.13. The van der Waals surface area contributed by atoms with Crippen LogP contribution in [0, 0.1) is 0 Å². The van der Waals surface area contributed by atoms with Crippen molar-refractivity contribution in [2.45, 2.75) is 26.6 Å². The van der Waals surface area contributed by atoms with Crippen molar-refractivity contribution < 1.29 is 9.18 Å². The number of benzene rings is 1. The van der Waals surface area contributed by atoms with E-state index in [-0.39, 0.29) is 5.91 Å². The van der Waals surface area contributed by atoms with Crippen molar-refractivity contribution in [3.8, 4) is 0 Å². The van der Waals surface area contributed by atoms with Gasteiger partial charge in [0.05, 0.1) is 0 Å². The third kappa shape index (κ3) is 3.03. The number of nitrogens with one attached hydrogen (secondary N) is 1. The minimum atomic E-state index is -0.650. The smallest absolute Gasteiger partial charge is 0.251 e. The van der Waals surface area contributed by atoms with E-state index >= 15 is 0 Å². The number of nitrogens with two attached hydrogens (primary N) is 1. The molecule has 1 amide bonds. The Balaban J connectivity index is 2.90. The van der Waals surface area contributed by atoms with Gasteiger partial charge < -0.3 is 11.1 Å². The molecule has 0 aliphatic rings. The van der Waals surface area contributed by atoms with Crippen LogP contribution >= 0.6 is 0 Å². The Morgan fingerprint density at radius 1 is 1.50 bits per heavy atom. The fourth-order valence-corrected chi connectivity index (χ4v) is 1.44. The van der Waals surface area contributed by atoms with Gasteiger partial charge in [0.2, 0.25) is 0 Å². The zero-order valence-corrected chi connectivity index (χ0v) is 9.42. The van der Waals surface area contributed by atoms with Crippen LogP contribution in [0.4, 0.5) is 4.39 Å². The number of hydrogen-bond acceptors (Lipinski definition) is 2. The number of carbonyl (C=O) groups is 1. The number of halogens is 1. The van der Waals surface area contributed by atoms with E-state index in [0.717, 1.165) is 12.0 Å². The molecular formula is C12H17FN2O. The van der Waals surface area contributed by atoms with E-state index in [9.17, 15) is 9.18 Å². The Hall–Kier alpha value is -1.42. The van der Waals surface area contributed by atoms with E-state index < -0.39 is 6.67 Å². The molecule has 0 unspecified atom stereocenters. The van der Waals surface area contributed by atoms with Gasteiger partial charge in [-0.3, -0.25) is 4.79 Å². The van der Waals surface area contributed by atoms with E-state index in [1.54, 1.807) is 18.2 Å². The second kappa shape index (κ2) is 6.23. The van der Waals surface area contributed by atoms with Gasteiger partial charge >= 0.3 is 0 Å². The van der Waals surface area contributed by atoms with E-state index in [0.29, 0.717) is 24.2 Å². The summed E-state index contributed by atoms with van der Waals surface area (Å²) in [4.78, 5) is 11.7. The molecule has 0 aromatic heterocycles. The van der Waals surface area contributed by atoms with Gasteiger partial charge in [0.15, 0.2) is 0 Å². The van der Waals surface area contributed by atoms with Crippen LogP contribution in [0.1, 0.15) is 34.8 Å². The number of alkyl halides is 1. The summed E-state index contributed by atoms with van der Waals surface area (Å²) < 4.78 is 12.8. The van der Waals surface area contributed by atoms with Crippen molar-refractivity contribution in [1.82, 2.24) is 5.32 Å². The molecule has 0 fully saturated rings. The number of amides is 1. The van der Waals surface area contributed by atoms with Gasteiger partial charge in [0, 0.05) is 18.7 Å². The van der Waals surface area contributed by atoms with Crippen molar-refractivity contribution in [1.29, 1.82) is 0 Å². The average molecular weight is 224 g/mol. The first kappa shape index (κ1) is 12.6. The van der Waals surface area contributed by atoms with Gasteiger partial charge in [0.1, 0.15) is 6.67 Å². The first-order valence-corrected chi connectivity index (χ1v) is 5.39. The molecule has 1 aromatic carbocycles. The summed E-state index contributed by atoms with van der Waals surface area (Å²) in [5.74, 6) is -0.224. The lowest BCUT2D eigenvalue weighted by Gasteiger charge is -2.08. The van der Waals surface area contributed by atoms with Crippen LogP contribution in [0.3, 0.4) is 0 Å². The molecule has 16 heavy (non-hydrogen) atoms. The maximum Gasteiger partial charge on any atom is 0.251 e. The third-order valence-electron chi connectivity index (χ3n) is 2.33. The lowest BCUT2D eigenvalue weighted by molar-refractivity contribution is 0.0952. The molecule has 3 nitrogen and oxygen atoms in total. The standard InChI is InChI=1S/C12H17FN2O/c1-2-5-15-12(16)11-4-3-9(8-14)6-10(11)7-13/h3-4,6H,2,5,7-8,14H2,1H3,(H,15,16). The molecule has 0 heterocycles. The minimum Gasteiger partial charge on any atom is -0.352 e. The second-order valence-electron chi connectivity index (χ2n) is 3.59. The molecule has 0 atom stereocenters. The summed E-state index contributed by atoms with van der Waals surface area (Å²) in [7, 11) is 0. The van der Waals surface area contributed by atoms with Crippen molar-refractivity contribution in [2.75, 3.05) is 6.54 Å². The van der Waals surface area contributed by atoms with Crippen LogP contribution in [0.5, 0.6) is 0 Å². The number of carbonyl (C=O) groups excluding carboxylic acids is 1. The molecule has 0 aliphatic carbocycles. The van der Waals surface area contributed by atoms with Crippen LogP contribution in [0.15, 0.2) is 18.2 Å². The van der Waals surface area contributed by atoms with Crippen LogP contribution in [-0.2, 0) is 13.2 Å². The van der Waals surface area contributed by atoms with Crippen molar-refractivity contribution >= 4 is 5.91 Å². The van der Waals surface area contributed by atoms with E-state index in [1.165, 1.54) is 0 Å². The van der Waals surface area contributed by atoms with Gasteiger partial charge in [-0.1, -0.05) is 19.1 Å². The molecule has 1 rings (SSSR count). The summed E-state index contributed by atoms with van der Waals surface area (Å²) in [5, 5.41) is 2.72. The predicted octanol–water partition coefficient (Wildman–Crippen LogP) is 1.75. The summed E-state index contributed by atoms with van der Waals surface area (Å²) in [5.41, 5.74) is 7.09. The summed E-state index contributed by atoms with van der Waals surface area (Å²) in [6.07, 6.45) is 0.859. The van der Waals surface area contributed by atoms with Crippen LogP contribution in [0.2, 0.25) is 0 Å². The van der Waals surface area contributed by atoms with Gasteiger partial charge in [-0.25, -0.2) is 4.39 Å². The first-order chi connectivity index (χ1) is 7.72. The van der Waals surface area contributed by atoms with Crippen LogP contribution in [-0.4, -0.2) is 12.5 Å². The first-order valence-electron chi connectivity index (χ1n) is 5.39. The Bertz CT molecular complexity index is 366. The molecule has 88 valence electrons. The van der Waals surface area contributed by atoms with Gasteiger partial charge in [-0.05, 0) is 23.6 Å². The molecule has 0 aliphatic heterocycles. The Labute approximate surface area is 94.8 Å². The molecule has 0 bridgehead atoms. The molecule has 0 saturated heterocycles. The molecule has 4 heteroatoms. The maximum absolute atomic E-state index is 12.8. The van der Waals surface area contributed by atoms with Gasteiger partial charge in [0.25, 0.3) is 5.91 Å². The Morgan fingerprint density at radius 3 is 2.81 bits per heavy atom. The Morgan fingerprint density at radius 2 is 2.25 bits per heavy atom. The third-order valence-corrected chi connectivity index (χ3v) is 2.33. The number of rotatable bonds is 5. The summed E-state index contributed by atoms with van der Waals surface area (Å²) >= 11 is 0. The zero-order chi connectivity index (χ0) is 12.0. The predicted molar refractivity (Wildman–Crippen MR) is 61.8 cm³/mol. The van der Waals surface area contributed by atoms with E-state index in [2.05, 4.69) is 5.32 Å². The lowest BCUT2D eigenvalue weighted by Crippen LogP contribution is -2.25. The quantitative estimate of drug-likeness (QED) is 0.800. The van der Waals surface area contributed by atoms with Crippen molar-refractivity contribution in [3.05, 3.63) is 34.9 Å². The van der Waals surface area contributed by atoms with Crippen LogP contribution < -0.4 is 11.1 Å². The molecule has 0 spiro atoms. The molecular weight excluding hydrogens is 207 g/mol. The fourth-order valence-electron chi connectivity index (χ4n) is 1.44. The molecule has 0 radical (unpaired) electrons. The summed E-state index contributed by atoms with van der Waals surface area (Å²) in [6.45, 7) is 2.27. The highest BCUT2D eigenvalue weighted by molar-refractivity contribution is 5.95. The van der Waals surface area contributed by atoms with E-state index in [1.807, 2.05) is 6.92 Å². The number of hydrogen-bond donors (Lipinski definition) is 2. The normalized spacial score (nSPS) is 10.2. The van der Waals surface area contributed by atoms with Gasteiger partial charge in [-0.2, -0.15) is 0 Å². The lowest BCUT2D eigenvalue weighted by atomic mass is 10.0. The fraction of sp³-hybridized carbons (Fsp3) is 0.417. The van der Waals surface area contributed by atoms with Crippen molar-refractivity contribution in [3.63, 3.8) is 0 Å². The largest absolute Gasteiger partial charge is 0.352 e. The highest BCUT2D eigenvalue weighted by atomic mass is 19.1. The Kier molecular flexibility index (Phi) is 4.92. The maximum atomic E-state index is 12.8. The van der Waals surface area contributed by atoms with Crippen molar-refractivity contribution in [2.24, 2.45) is 5.73 Å². The molecule has 3 N–H and O–H groups in total. The molecule has 0 saturated carbocycles. The summed E-state index contributed by atoms with van der Waals surface area (Å²) in [6, 6.07) is 5.02. The topological polar surface area (TPSA) is 55.1 Å². The van der Waals surface area contributed by atoms with Gasteiger partial charge in [-0.15, -0.1) is 0 Å². The minimum absolute atomic E-state index is 0.224. The molecule has 1 aromatic rings. The zero-order valence-electron chi connectivity index (χ0n) is 9.42. The SMILES string of the molecule is CCCNC(=O)c1ccc(CN)cc1CF. The average Bonchev–Trinajstić information content (AvgIpc) is 2.34. The van der Waals surface area contributed by atoms with Crippen LogP contribution in [0.25, 0.3) is 0 Å². The monoisotopic (exact) mass is 224 g/mol. The second-order valence-corrected chi connectivity index (χ2v) is 3.59.